The Bertz CT molecular complexity index is 965. The molecule has 0 amide bonds. The molecule has 0 aliphatic heterocycles. The Kier molecular flexibility index (Phi) is 3.16. The lowest BCUT2D eigenvalue weighted by atomic mass is 10.2. The van der Waals surface area contributed by atoms with Crippen LogP contribution in [0.4, 0.5) is 11.5 Å². The first-order chi connectivity index (χ1) is 11.3. The number of aromatic hydroxyl groups is 1. The van der Waals surface area contributed by atoms with E-state index in [-0.39, 0.29) is 5.75 Å². The second-order valence-corrected chi connectivity index (χ2v) is 5.07. The van der Waals surface area contributed by atoms with Gasteiger partial charge in [-0.25, -0.2) is 9.97 Å². The van der Waals surface area contributed by atoms with E-state index < -0.39 is 0 Å². The maximum absolute atomic E-state index is 9.62. The number of phenols is 1. The van der Waals surface area contributed by atoms with Crippen molar-refractivity contribution in [3.8, 4) is 17.3 Å². The van der Waals surface area contributed by atoms with Crippen molar-refractivity contribution < 1.29 is 9.52 Å². The van der Waals surface area contributed by atoms with Gasteiger partial charge < -0.3 is 14.8 Å². The number of benzene rings is 2. The molecule has 0 atom stereocenters. The molecule has 0 unspecified atom stereocenters. The van der Waals surface area contributed by atoms with Crippen LogP contribution in [-0.4, -0.2) is 15.1 Å². The molecule has 0 saturated heterocycles. The van der Waals surface area contributed by atoms with Crippen molar-refractivity contribution in [2.75, 3.05) is 5.32 Å². The van der Waals surface area contributed by atoms with Crippen LogP contribution in [0.25, 0.3) is 22.5 Å². The molecule has 2 aromatic carbocycles. The van der Waals surface area contributed by atoms with E-state index in [2.05, 4.69) is 15.3 Å². The quantitative estimate of drug-likeness (QED) is 0.589. The number of anilines is 2. The molecule has 5 nitrogen and oxygen atoms in total. The highest BCUT2D eigenvalue weighted by atomic mass is 16.3. The van der Waals surface area contributed by atoms with Gasteiger partial charge in [0.25, 0.3) is 0 Å². The molecule has 23 heavy (non-hydrogen) atoms. The molecule has 0 spiro atoms. The maximum Gasteiger partial charge on any atom is 0.198 e. The van der Waals surface area contributed by atoms with Crippen LogP contribution in [0.15, 0.2) is 71.3 Å². The van der Waals surface area contributed by atoms with E-state index in [4.69, 9.17) is 4.42 Å². The molecule has 0 saturated carbocycles. The van der Waals surface area contributed by atoms with Crippen molar-refractivity contribution in [1.29, 1.82) is 0 Å². The summed E-state index contributed by atoms with van der Waals surface area (Å²) in [6.45, 7) is 0. The summed E-state index contributed by atoms with van der Waals surface area (Å²) in [5, 5.41) is 13.8. The second kappa shape index (κ2) is 5.46. The average molecular weight is 303 g/mol. The zero-order valence-electron chi connectivity index (χ0n) is 12.1. The molecule has 4 rings (SSSR count). The minimum atomic E-state index is 0.194. The van der Waals surface area contributed by atoms with Gasteiger partial charge in [0.2, 0.25) is 0 Å². The highest BCUT2D eigenvalue weighted by Crippen LogP contribution is 2.28. The van der Waals surface area contributed by atoms with Gasteiger partial charge in [-0.15, -0.1) is 0 Å². The summed E-state index contributed by atoms with van der Waals surface area (Å²) in [6.07, 6.45) is 1.59. The third kappa shape index (κ3) is 2.60. The highest BCUT2D eigenvalue weighted by molar-refractivity contribution is 5.92. The Morgan fingerprint density at radius 2 is 1.83 bits per heavy atom. The standard InChI is InChI=1S/C18H13N3O2/c22-13-6-3-5-12(11-13)19-17-14-7-1-2-8-15(14)20-18(21-17)16-9-4-10-23-16/h1-11,22H,(H,19,20,21). The van der Waals surface area contributed by atoms with Gasteiger partial charge in [-0.1, -0.05) is 18.2 Å². The number of aromatic nitrogens is 2. The third-order valence-corrected chi connectivity index (χ3v) is 3.45. The van der Waals surface area contributed by atoms with Crippen LogP contribution in [0.2, 0.25) is 0 Å². The first kappa shape index (κ1) is 13.3. The first-order valence-corrected chi connectivity index (χ1v) is 7.16. The SMILES string of the molecule is Oc1cccc(Nc2nc(-c3ccco3)nc3ccccc23)c1. The predicted molar refractivity (Wildman–Crippen MR) is 88.6 cm³/mol. The topological polar surface area (TPSA) is 71.2 Å². The lowest BCUT2D eigenvalue weighted by Gasteiger charge is -2.10. The summed E-state index contributed by atoms with van der Waals surface area (Å²) in [4.78, 5) is 9.11. The minimum Gasteiger partial charge on any atom is -0.508 e. The van der Waals surface area contributed by atoms with Gasteiger partial charge in [-0.3, -0.25) is 0 Å². The third-order valence-electron chi connectivity index (χ3n) is 3.45. The molecule has 0 aliphatic rings. The van der Waals surface area contributed by atoms with Gasteiger partial charge in [0.05, 0.1) is 11.8 Å². The monoisotopic (exact) mass is 303 g/mol. The molecule has 2 N–H and O–H groups in total. The molecule has 2 heterocycles. The van der Waals surface area contributed by atoms with E-state index >= 15 is 0 Å². The lowest BCUT2D eigenvalue weighted by molar-refractivity contribution is 0.475. The van der Waals surface area contributed by atoms with Gasteiger partial charge in [-0.2, -0.15) is 0 Å². The Morgan fingerprint density at radius 3 is 2.65 bits per heavy atom. The second-order valence-electron chi connectivity index (χ2n) is 5.07. The van der Waals surface area contributed by atoms with Gasteiger partial charge >= 0.3 is 0 Å². The number of rotatable bonds is 3. The summed E-state index contributed by atoms with van der Waals surface area (Å²) in [7, 11) is 0. The molecule has 0 bridgehead atoms. The predicted octanol–water partition coefficient (Wildman–Crippen LogP) is 4.34. The van der Waals surface area contributed by atoms with Crippen molar-refractivity contribution in [3.05, 3.63) is 66.9 Å². The van der Waals surface area contributed by atoms with Crippen molar-refractivity contribution in [2.24, 2.45) is 0 Å². The number of hydrogen-bond donors (Lipinski definition) is 2. The van der Waals surface area contributed by atoms with Crippen LogP contribution < -0.4 is 5.32 Å². The smallest absolute Gasteiger partial charge is 0.198 e. The number of para-hydroxylation sites is 1. The fourth-order valence-electron chi connectivity index (χ4n) is 2.41. The summed E-state index contributed by atoms with van der Waals surface area (Å²) in [6, 6.07) is 18.3. The van der Waals surface area contributed by atoms with Crippen LogP contribution in [0, 0.1) is 0 Å². The van der Waals surface area contributed by atoms with Crippen LogP contribution in [-0.2, 0) is 0 Å². The minimum absolute atomic E-state index is 0.194. The van der Waals surface area contributed by atoms with Crippen molar-refractivity contribution in [2.45, 2.75) is 0 Å². The van der Waals surface area contributed by atoms with Gasteiger partial charge in [-0.05, 0) is 36.4 Å². The van der Waals surface area contributed by atoms with Crippen LogP contribution in [0.1, 0.15) is 0 Å². The number of phenolic OH excluding ortho intramolecular Hbond substituents is 1. The zero-order chi connectivity index (χ0) is 15.6. The Labute approximate surface area is 132 Å². The Balaban J connectivity index is 1.86. The van der Waals surface area contributed by atoms with Crippen LogP contribution in [0.5, 0.6) is 5.75 Å². The van der Waals surface area contributed by atoms with E-state index in [1.807, 2.05) is 36.4 Å². The van der Waals surface area contributed by atoms with E-state index in [1.165, 1.54) is 0 Å². The van der Waals surface area contributed by atoms with E-state index in [9.17, 15) is 5.11 Å². The summed E-state index contributed by atoms with van der Waals surface area (Å²) < 4.78 is 5.40. The molecule has 0 fully saturated rings. The molecule has 112 valence electrons. The fraction of sp³-hybridized carbons (Fsp3) is 0. The molecule has 4 aromatic rings. The lowest BCUT2D eigenvalue weighted by Crippen LogP contribution is -1.98. The molecule has 0 radical (unpaired) electrons. The van der Waals surface area contributed by atoms with Gasteiger partial charge in [0, 0.05) is 17.1 Å². The number of hydrogen-bond acceptors (Lipinski definition) is 5. The maximum atomic E-state index is 9.62. The molecular weight excluding hydrogens is 290 g/mol. The fourth-order valence-corrected chi connectivity index (χ4v) is 2.41. The zero-order valence-corrected chi connectivity index (χ0v) is 12.1. The average Bonchev–Trinajstić information content (AvgIpc) is 3.09. The van der Waals surface area contributed by atoms with Crippen molar-refractivity contribution >= 4 is 22.4 Å². The molecular formula is C18H13N3O2. The summed E-state index contributed by atoms with van der Waals surface area (Å²) in [5.74, 6) is 1.97. The number of nitrogens with zero attached hydrogens (tertiary/aromatic N) is 2. The largest absolute Gasteiger partial charge is 0.508 e. The van der Waals surface area contributed by atoms with E-state index in [0.29, 0.717) is 17.4 Å². The number of furan rings is 1. The van der Waals surface area contributed by atoms with Crippen LogP contribution in [0.3, 0.4) is 0 Å². The van der Waals surface area contributed by atoms with E-state index in [0.717, 1.165) is 16.6 Å². The van der Waals surface area contributed by atoms with Crippen molar-refractivity contribution in [3.63, 3.8) is 0 Å². The first-order valence-electron chi connectivity index (χ1n) is 7.16. The number of nitrogens with one attached hydrogen (secondary N) is 1. The highest BCUT2D eigenvalue weighted by Gasteiger charge is 2.11. The van der Waals surface area contributed by atoms with Crippen molar-refractivity contribution in [1.82, 2.24) is 9.97 Å². The van der Waals surface area contributed by atoms with E-state index in [1.54, 1.807) is 30.5 Å². The number of fused-ring (bicyclic) bond motifs is 1. The Hall–Kier alpha value is -3.34. The molecule has 2 aromatic heterocycles. The Morgan fingerprint density at radius 1 is 0.913 bits per heavy atom. The van der Waals surface area contributed by atoms with Gasteiger partial charge in [0.15, 0.2) is 11.6 Å². The summed E-state index contributed by atoms with van der Waals surface area (Å²) in [5.41, 5.74) is 1.57. The molecule has 5 heteroatoms. The molecule has 0 aliphatic carbocycles. The van der Waals surface area contributed by atoms with Crippen LogP contribution >= 0.6 is 0 Å². The normalized spacial score (nSPS) is 10.8. The summed E-state index contributed by atoms with van der Waals surface area (Å²) >= 11 is 0. The van der Waals surface area contributed by atoms with Gasteiger partial charge in [0.1, 0.15) is 11.6 Å².